The van der Waals surface area contributed by atoms with Crippen LogP contribution >= 0.6 is 15.9 Å². The predicted molar refractivity (Wildman–Crippen MR) is 319 cm³/mol. The molecule has 0 spiro atoms. The maximum Gasteiger partial charge on any atom is 0.306 e. The van der Waals surface area contributed by atoms with Crippen molar-refractivity contribution in [3.05, 3.63) is 84.7 Å². The lowest BCUT2D eigenvalue weighted by Crippen LogP contribution is -2.18. The summed E-state index contributed by atoms with van der Waals surface area (Å²) in [7, 11) is 4.87. The average molecular weight is 1220 g/mol. The van der Waals surface area contributed by atoms with Crippen molar-refractivity contribution in [3.8, 4) is 17.2 Å². The Hall–Kier alpha value is -4.74. The molecule has 1 aromatic carbocycles. The summed E-state index contributed by atoms with van der Waals surface area (Å²) in [6, 6.07) is 7.72. The summed E-state index contributed by atoms with van der Waals surface area (Å²) in [5, 5.41) is 1.50. The molecule has 0 radical (unpaired) electrons. The lowest BCUT2D eigenvalue weighted by molar-refractivity contribution is -0.145. The topological polar surface area (TPSA) is 211 Å². The Morgan fingerprint density at radius 1 is 0.646 bits per heavy atom. The molecular weight excluding hydrogens is 1120 g/mol. The number of benzene rings is 1. The molecule has 5 rings (SSSR count). The molecule has 4 bridgehead atoms. The molecule has 460 valence electrons. The second-order valence-electron chi connectivity index (χ2n) is 19.9. The largest absolute Gasteiger partial charge is 0.487 e. The van der Waals surface area contributed by atoms with E-state index in [1.165, 1.54) is 6.42 Å². The van der Waals surface area contributed by atoms with Gasteiger partial charge in [0, 0.05) is 104 Å². The molecular formula is C62H95BrN4O15. The van der Waals surface area contributed by atoms with Gasteiger partial charge < -0.3 is 71.5 Å². The van der Waals surface area contributed by atoms with E-state index in [0.717, 1.165) is 56.0 Å². The molecule has 20 heteroatoms. The van der Waals surface area contributed by atoms with Gasteiger partial charge >= 0.3 is 5.97 Å². The third kappa shape index (κ3) is 23.7. The molecule has 2 aromatic rings. The van der Waals surface area contributed by atoms with E-state index < -0.39 is 5.97 Å². The molecule has 0 amide bonds. The number of Topliss-reactive ketones (excluding diaryl/α,β-unsaturated/α-hetero) is 1. The van der Waals surface area contributed by atoms with Crippen molar-refractivity contribution in [2.75, 3.05) is 140 Å². The van der Waals surface area contributed by atoms with Gasteiger partial charge in [0.05, 0.1) is 115 Å². The Kier molecular flexibility index (Phi) is 34.5. The van der Waals surface area contributed by atoms with Crippen molar-refractivity contribution in [3.63, 3.8) is 0 Å². The molecule has 2 N–H and O–H groups in total. The minimum atomic E-state index is -0.404. The fourth-order valence-corrected chi connectivity index (χ4v) is 10.1. The second-order valence-corrected chi connectivity index (χ2v) is 20.7. The molecule has 0 fully saturated rings. The number of aromatic amines is 2. The number of hydrogen-bond acceptors (Lipinski definition) is 17. The minimum absolute atomic E-state index is 0.0836. The van der Waals surface area contributed by atoms with Crippen LogP contribution in [-0.4, -0.2) is 172 Å². The second kappa shape index (κ2) is 40.5. The zero-order chi connectivity index (χ0) is 59.5. The van der Waals surface area contributed by atoms with Crippen LogP contribution in [0.3, 0.4) is 0 Å². The number of carbonyl (C=O) groups excluding carboxylic acids is 2. The molecule has 19 nitrogen and oxygen atoms in total. The zero-order valence-electron chi connectivity index (χ0n) is 50.7. The van der Waals surface area contributed by atoms with Crippen molar-refractivity contribution < 1.29 is 71.2 Å². The summed E-state index contributed by atoms with van der Waals surface area (Å²) in [6.45, 7) is 25.7. The summed E-state index contributed by atoms with van der Waals surface area (Å²) in [5.41, 5.74) is 6.86. The first-order valence-electron chi connectivity index (χ1n) is 29.1. The van der Waals surface area contributed by atoms with Crippen LogP contribution < -0.4 is 24.9 Å². The van der Waals surface area contributed by atoms with E-state index in [1.807, 2.05) is 19.1 Å². The number of ketones is 1. The van der Waals surface area contributed by atoms with Crippen molar-refractivity contribution >= 4 is 40.3 Å². The molecule has 82 heavy (non-hydrogen) atoms. The molecule has 3 aliphatic rings. The van der Waals surface area contributed by atoms with E-state index in [4.69, 9.17) is 71.5 Å². The Morgan fingerprint density at radius 2 is 1.16 bits per heavy atom. The van der Waals surface area contributed by atoms with E-state index in [2.05, 4.69) is 80.1 Å². The van der Waals surface area contributed by atoms with Gasteiger partial charge in [-0.25, -0.2) is 0 Å². The van der Waals surface area contributed by atoms with Gasteiger partial charge in [0.2, 0.25) is 5.75 Å². The van der Waals surface area contributed by atoms with E-state index in [-0.39, 0.29) is 95.0 Å². The summed E-state index contributed by atoms with van der Waals surface area (Å²) in [4.78, 5) is 45.1. The number of halogens is 1. The minimum Gasteiger partial charge on any atom is -0.487 e. The standard InChI is InChI=1S/C59H87BrN4O15.C3H8/c1-10-44-36-51-46(11-2)41(5)50(63-51)33-40(4)61-49(12-3)56(60)57-42(6)47(58(64-57)48-37-45(65)38-52(48)62-44)13-14-55(66)79-39-43-34-53(76-30-27-73-24-21-70-18-15-67-7)59(78-32-29-75-26-23-72-20-17-69-9)54(35-43)77-31-28-74-25-22-71-19-16-68-8;1-3-2/h12,33-36,41-42,46-47,61-62H,4,10-11,13-32,37-39H2,1-3,5-9H3;3H2,1-2H3/b44-36?,49-12+,50-33?,57-56?;/t41?,42-,46?,47?;/m0./s1. The fraction of sp³-hybridized carbons (Fsp3) is 0.645. The average Bonchev–Trinajstić information content (AvgIpc) is 4.30. The highest BCUT2D eigenvalue weighted by Crippen LogP contribution is 2.44. The van der Waals surface area contributed by atoms with Crippen molar-refractivity contribution in [2.24, 2.45) is 0 Å². The van der Waals surface area contributed by atoms with Crippen LogP contribution in [-0.2, 0) is 82.8 Å². The van der Waals surface area contributed by atoms with Crippen LogP contribution in [0.5, 0.6) is 17.2 Å². The maximum absolute atomic E-state index is 14.0. The predicted octanol–water partition coefficient (Wildman–Crippen LogP) is 8.64. The van der Waals surface area contributed by atoms with Gasteiger partial charge in [-0.05, 0) is 71.9 Å². The Morgan fingerprint density at radius 3 is 1.66 bits per heavy atom. The van der Waals surface area contributed by atoms with Gasteiger partial charge in [-0.3, -0.25) is 19.6 Å². The summed E-state index contributed by atoms with van der Waals surface area (Å²) in [6.07, 6.45) is 5.87. The van der Waals surface area contributed by atoms with Gasteiger partial charge in [-0.1, -0.05) is 60.6 Å². The first-order chi connectivity index (χ1) is 39.9. The number of carbonyl (C=O) groups is 2. The lowest BCUT2D eigenvalue weighted by Gasteiger charge is -2.19. The van der Waals surface area contributed by atoms with E-state index >= 15 is 0 Å². The molecule has 3 heterocycles. The lowest BCUT2D eigenvalue weighted by atomic mass is 9.85. The van der Waals surface area contributed by atoms with E-state index in [9.17, 15) is 9.59 Å². The number of aromatic nitrogens is 4. The molecule has 3 unspecified atom stereocenters. The third-order valence-electron chi connectivity index (χ3n) is 13.6. The van der Waals surface area contributed by atoms with Crippen LogP contribution in [0.25, 0.3) is 12.7 Å². The number of fused-ring (bicyclic) bond motifs is 6. The first-order valence-corrected chi connectivity index (χ1v) is 29.9. The Balaban J connectivity index is 0.00000471. The Labute approximate surface area is 495 Å². The number of nitrogens with zero attached hydrogens (tertiary/aromatic N) is 2. The quantitative estimate of drug-likeness (QED) is 0.0479. The molecule has 4 atom stereocenters. The number of methoxy groups -OCH3 is 3. The smallest absolute Gasteiger partial charge is 0.306 e. The van der Waals surface area contributed by atoms with Crippen molar-refractivity contribution in [2.45, 2.75) is 124 Å². The highest BCUT2D eigenvalue weighted by Gasteiger charge is 2.36. The van der Waals surface area contributed by atoms with Crippen LogP contribution in [0.4, 0.5) is 0 Å². The number of rotatable bonds is 37. The SMILES string of the molecule is C=c1cc2nc(cc(CC)[nH]c3c(c4nc(c(Br)/c(=C\C)[nH]1)[C@@H](C)C4CCC(=O)OCc1cc(OCCOCCOCCOC)c(OCCOCCOCCOC)c(OCCOCCOCCOC)c1)CC(=O)C3)C(CC)C2C.CCC. The summed E-state index contributed by atoms with van der Waals surface area (Å²) >= 11 is 3.93. The summed E-state index contributed by atoms with van der Waals surface area (Å²) in [5.74, 6) is 0.861. The normalized spacial score (nSPS) is 16.5. The highest BCUT2D eigenvalue weighted by molar-refractivity contribution is 9.10. The van der Waals surface area contributed by atoms with Crippen LogP contribution in [0.15, 0.2) is 28.7 Å². The van der Waals surface area contributed by atoms with Gasteiger partial charge in [-0.2, -0.15) is 0 Å². The highest BCUT2D eigenvalue weighted by atomic mass is 79.9. The van der Waals surface area contributed by atoms with E-state index in [0.29, 0.717) is 120 Å². The molecule has 0 saturated heterocycles. The zero-order valence-corrected chi connectivity index (χ0v) is 52.3. The third-order valence-corrected chi connectivity index (χ3v) is 14.4. The number of aryl methyl sites for hydroxylation is 1. The van der Waals surface area contributed by atoms with Gasteiger partial charge in [0.15, 0.2) is 11.5 Å². The van der Waals surface area contributed by atoms with Gasteiger partial charge in [0.25, 0.3) is 0 Å². The number of ether oxygens (including phenoxy) is 13. The maximum atomic E-state index is 14.0. The van der Waals surface area contributed by atoms with Crippen LogP contribution in [0.1, 0.15) is 143 Å². The number of hydrogen-bond donors (Lipinski definition) is 2. The number of H-pyrrole nitrogens is 2. The van der Waals surface area contributed by atoms with Gasteiger partial charge in [-0.15, -0.1) is 0 Å². The monoisotopic (exact) mass is 1210 g/mol. The van der Waals surface area contributed by atoms with Crippen LogP contribution in [0.2, 0.25) is 0 Å². The molecule has 2 aliphatic heterocycles. The summed E-state index contributed by atoms with van der Waals surface area (Å²) < 4.78 is 74.8. The van der Waals surface area contributed by atoms with Crippen molar-refractivity contribution in [1.29, 1.82) is 0 Å². The molecule has 0 saturated carbocycles. The van der Waals surface area contributed by atoms with Gasteiger partial charge in [0.1, 0.15) is 32.2 Å². The van der Waals surface area contributed by atoms with Crippen molar-refractivity contribution in [1.82, 2.24) is 19.9 Å². The molecule has 1 aromatic heterocycles. The number of nitrogens with one attached hydrogen (secondary N) is 2. The first kappa shape index (κ1) is 69.8. The van der Waals surface area contributed by atoms with Crippen LogP contribution in [0, 0.1) is 0 Å². The molecule has 1 aliphatic carbocycles. The fourth-order valence-electron chi connectivity index (χ4n) is 9.34. The Bertz CT molecular complexity index is 2510. The number of esters is 1. The van der Waals surface area contributed by atoms with E-state index in [1.54, 1.807) is 33.5 Å².